The third-order valence-corrected chi connectivity index (χ3v) is 7.20. The number of carbonyl (C=O) groups excluding carboxylic acids is 2. The highest BCUT2D eigenvalue weighted by molar-refractivity contribution is 5.87. The molecule has 1 unspecified atom stereocenters. The Labute approximate surface area is 177 Å². The van der Waals surface area contributed by atoms with Crippen LogP contribution in [0.3, 0.4) is 0 Å². The Bertz CT molecular complexity index is 912. The van der Waals surface area contributed by atoms with Crippen molar-refractivity contribution in [2.45, 2.75) is 50.4 Å². The normalized spacial score (nSPS) is 26.6. The first-order valence-electron chi connectivity index (χ1n) is 10.6. The van der Waals surface area contributed by atoms with Gasteiger partial charge in [0.1, 0.15) is 22.7 Å². The van der Waals surface area contributed by atoms with Crippen LogP contribution >= 0.6 is 0 Å². The van der Waals surface area contributed by atoms with Crippen molar-refractivity contribution >= 4 is 17.8 Å². The monoisotopic (exact) mass is 439 g/mol. The van der Waals surface area contributed by atoms with Gasteiger partial charge in [-0.1, -0.05) is 0 Å². The fraction of sp³-hybridized carbons (Fsp3) is 0.700. The topological polar surface area (TPSA) is 78.9 Å². The second-order valence-electron chi connectivity index (χ2n) is 8.92. The molecule has 1 spiro atoms. The fourth-order valence-electron chi connectivity index (χ4n) is 5.15. The molecular weight excluding hydrogens is 415 g/mol. The van der Waals surface area contributed by atoms with E-state index in [1.807, 2.05) is 13.0 Å². The molecule has 31 heavy (non-hydrogen) atoms. The predicted molar refractivity (Wildman–Crippen MR) is 102 cm³/mol. The summed E-state index contributed by atoms with van der Waals surface area (Å²) in [6, 6.07) is 1.39. The van der Waals surface area contributed by atoms with Crippen molar-refractivity contribution < 1.29 is 27.5 Å². The summed E-state index contributed by atoms with van der Waals surface area (Å²) < 4.78 is 46.2. The van der Waals surface area contributed by atoms with E-state index in [-0.39, 0.29) is 32.5 Å². The van der Waals surface area contributed by atoms with E-state index in [0.29, 0.717) is 31.8 Å². The van der Waals surface area contributed by atoms with E-state index < -0.39 is 35.2 Å². The fourth-order valence-corrected chi connectivity index (χ4v) is 5.15. The molecule has 1 aromatic heterocycles. The van der Waals surface area contributed by atoms with Crippen LogP contribution in [0, 0.1) is 12.3 Å². The van der Waals surface area contributed by atoms with Crippen LogP contribution in [-0.4, -0.2) is 82.3 Å². The first-order chi connectivity index (χ1) is 14.7. The molecule has 3 saturated heterocycles. The molecule has 4 heterocycles. The molecule has 0 radical (unpaired) electrons. The molecule has 11 heteroatoms. The van der Waals surface area contributed by atoms with Crippen molar-refractivity contribution in [2.24, 2.45) is 5.41 Å². The van der Waals surface area contributed by atoms with E-state index >= 15 is 0 Å². The van der Waals surface area contributed by atoms with Crippen LogP contribution in [0.15, 0.2) is 12.3 Å². The van der Waals surface area contributed by atoms with E-state index in [2.05, 4.69) is 14.9 Å². The van der Waals surface area contributed by atoms with Crippen LogP contribution in [0.2, 0.25) is 0 Å². The van der Waals surface area contributed by atoms with Gasteiger partial charge < -0.3 is 14.5 Å². The summed E-state index contributed by atoms with van der Waals surface area (Å²) in [5.41, 5.74) is -3.04. The molecule has 4 aliphatic rings. The molecular formula is C20H24F3N5O3. The number of fused-ring (bicyclic) bond motifs is 2. The van der Waals surface area contributed by atoms with Crippen LogP contribution in [0.1, 0.15) is 31.5 Å². The zero-order valence-corrected chi connectivity index (χ0v) is 17.2. The number of anilines is 1. The highest BCUT2D eigenvalue weighted by atomic mass is 19.4. The maximum atomic E-state index is 13.5. The van der Waals surface area contributed by atoms with Gasteiger partial charge in [0.05, 0.1) is 6.04 Å². The summed E-state index contributed by atoms with van der Waals surface area (Å²) in [5, 5.41) is 0. The molecule has 1 aromatic rings. The summed E-state index contributed by atoms with van der Waals surface area (Å²) in [4.78, 5) is 38.8. The van der Waals surface area contributed by atoms with Crippen molar-refractivity contribution in [3.05, 3.63) is 18.1 Å². The predicted octanol–water partition coefficient (Wildman–Crippen LogP) is 2.13. The summed E-state index contributed by atoms with van der Waals surface area (Å²) in [7, 11) is 0. The average molecular weight is 439 g/mol. The van der Waals surface area contributed by atoms with Crippen LogP contribution in [-0.2, 0) is 9.53 Å². The van der Waals surface area contributed by atoms with Crippen LogP contribution in [0.25, 0.3) is 0 Å². The van der Waals surface area contributed by atoms with E-state index in [1.165, 1.54) is 4.90 Å². The lowest BCUT2D eigenvalue weighted by Crippen LogP contribution is -2.62. The molecule has 1 aliphatic carbocycles. The van der Waals surface area contributed by atoms with Crippen molar-refractivity contribution in [3.8, 4) is 0 Å². The number of aryl methyl sites for hydroxylation is 1. The molecule has 0 bridgehead atoms. The van der Waals surface area contributed by atoms with Crippen molar-refractivity contribution in [1.82, 2.24) is 19.8 Å². The van der Waals surface area contributed by atoms with Crippen LogP contribution < -0.4 is 4.90 Å². The third kappa shape index (κ3) is 3.11. The Hall–Kier alpha value is -2.59. The number of piperazine rings is 1. The number of nitrogens with zero attached hydrogens (tertiary/aromatic N) is 5. The average Bonchev–Trinajstić information content (AvgIpc) is 3.51. The highest BCUT2D eigenvalue weighted by Gasteiger charge is 2.70. The molecule has 5 rings (SSSR count). The molecule has 0 aromatic carbocycles. The lowest BCUT2D eigenvalue weighted by atomic mass is 9.82. The minimum atomic E-state index is -4.54. The second-order valence-corrected chi connectivity index (χ2v) is 8.92. The standard InChI is InChI=1S/C20H24F3N5O3/c1-13-24-7-2-15(25-13)26-8-5-19(6-9-26)14-12-27(10-11-28(14)17(30)31-19)16(29)18(3-4-18)20(21,22)23/h2,7,14H,3-6,8-12H2,1H3. The van der Waals surface area contributed by atoms with Gasteiger partial charge in [0.25, 0.3) is 0 Å². The molecule has 1 saturated carbocycles. The van der Waals surface area contributed by atoms with Gasteiger partial charge in [-0.25, -0.2) is 14.8 Å². The third-order valence-electron chi connectivity index (χ3n) is 7.20. The summed E-state index contributed by atoms with van der Waals surface area (Å²) in [5.74, 6) is 0.601. The van der Waals surface area contributed by atoms with E-state index in [4.69, 9.17) is 4.74 Å². The van der Waals surface area contributed by atoms with Crippen molar-refractivity contribution in [3.63, 3.8) is 0 Å². The number of piperidine rings is 1. The Kier molecular flexibility index (Phi) is 4.39. The number of hydrogen-bond donors (Lipinski definition) is 0. The molecule has 2 amide bonds. The Morgan fingerprint density at radius 2 is 1.87 bits per heavy atom. The summed E-state index contributed by atoms with van der Waals surface area (Å²) in [6.45, 7) is 3.37. The molecule has 1 atom stereocenters. The molecule has 8 nitrogen and oxygen atoms in total. The zero-order chi connectivity index (χ0) is 22.0. The molecule has 168 valence electrons. The quantitative estimate of drug-likeness (QED) is 0.703. The van der Waals surface area contributed by atoms with Crippen LogP contribution in [0.5, 0.6) is 0 Å². The summed E-state index contributed by atoms with van der Waals surface area (Å²) >= 11 is 0. The van der Waals surface area contributed by atoms with E-state index in [1.54, 1.807) is 11.1 Å². The largest absolute Gasteiger partial charge is 0.440 e. The first-order valence-corrected chi connectivity index (χ1v) is 10.6. The van der Waals surface area contributed by atoms with Gasteiger partial charge in [-0.15, -0.1) is 0 Å². The van der Waals surface area contributed by atoms with Gasteiger partial charge in [-0.05, 0) is 25.8 Å². The Morgan fingerprint density at radius 1 is 1.16 bits per heavy atom. The molecule has 0 N–H and O–H groups in total. The maximum absolute atomic E-state index is 13.5. The first kappa shape index (κ1) is 20.3. The highest BCUT2D eigenvalue weighted by Crippen LogP contribution is 2.59. The number of aromatic nitrogens is 2. The molecule has 3 aliphatic heterocycles. The minimum Gasteiger partial charge on any atom is -0.440 e. The number of hydrogen-bond acceptors (Lipinski definition) is 6. The number of alkyl halides is 3. The van der Waals surface area contributed by atoms with Gasteiger partial charge in [0, 0.05) is 51.8 Å². The van der Waals surface area contributed by atoms with Crippen molar-refractivity contribution in [1.29, 1.82) is 0 Å². The minimum absolute atomic E-state index is 0.0784. The van der Waals surface area contributed by atoms with Gasteiger partial charge >= 0.3 is 12.3 Å². The Morgan fingerprint density at radius 3 is 2.48 bits per heavy atom. The molecule has 4 fully saturated rings. The van der Waals surface area contributed by atoms with E-state index in [0.717, 1.165) is 5.82 Å². The van der Waals surface area contributed by atoms with Gasteiger partial charge in [-0.2, -0.15) is 13.2 Å². The van der Waals surface area contributed by atoms with Gasteiger partial charge in [-0.3, -0.25) is 9.69 Å². The van der Waals surface area contributed by atoms with Gasteiger partial charge in [0.15, 0.2) is 0 Å². The smallest absolute Gasteiger partial charge is 0.410 e. The SMILES string of the molecule is Cc1nccc(N2CCC3(CC2)OC(=O)N2CCN(C(=O)C4(C(F)(F)F)CC4)CC23)n1. The summed E-state index contributed by atoms with van der Waals surface area (Å²) in [6.07, 6.45) is -2.56. The van der Waals surface area contributed by atoms with Gasteiger partial charge in [0.2, 0.25) is 5.91 Å². The number of halogens is 3. The van der Waals surface area contributed by atoms with Crippen molar-refractivity contribution in [2.75, 3.05) is 37.6 Å². The van der Waals surface area contributed by atoms with Crippen LogP contribution in [0.4, 0.5) is 23.8 Å². The number of ether oxygens (including phenoxy) is 1. The lowest BCUT2D eigenvalue weighted by molar-refractivity contribution is -0.200. The number of carbonyl (C=O) groups is 2. The zero-order valence-electron chi connectivity index (χ0n) is 17.2. The van der Waals surface area contributed by atoms with E-state index in [9.17, 15) is 22.8 Å². The lowest BCUT2D eigenvalue weighted by Gasteiger charge is -2.46. The second kappa shape index (κ2) is 6.70. The number of amides is 2. The maximum Gasteiger partial charge on any atom is 0.410 e. The number of rotatable bonds is 2. The Balaban J connectivity index is 1.32.